The van der Waals surface area contributed by atoms with Gasteiger partial charge in [-0.2, -0.15) is 0 Å². The maximum atomic E-state index is 13.1. The number of hydrogen-bond donors (Lipinski definition) is 3. The van der Waals surface area contributed by atoms with Crippen LogP contribution in [0.15, 0.2) is 24.3 Å². The van der Waals surface area contributed by atoms with Crippen molar-refractivity contribution in [3.8, 4) is 0 Å². The Kier molecular flexibility index (Phi) is 68.8. The fraction of sp³-hybridized carbons (Fsp3) is 0.897. The van der Waals surface area contributed by atoms with Gasteiger partial charge in [0, 0.05) is 25.7 Å². The van der Waals surface area contributed by atoms with Gasteiger partial charge in [-0.1, -0.05) is 335 Å². The van der Waals surface area contributed by atoms with Crippen molar-refractivity contribution in [1.29, 1.82) is 0 Å². The monoisotopic (exact) mass is 1420 g/mol. The number of aliphatic hydroxyl groups is 1. The lowest BCUT2D eigenvalue weighted by molar-refractivity contribution is -0.161. The van der Waals surface area contributed by atoms with E-state index in [4.69, 9.17) is 37.0 Å². The Hall–Kier alpha value is -2.46. The number of phosphoric ester groups is 2. The lowest BCUT2D eigenvalue weighted by Gasteiger charge is -2.21. The zero-order valence-corrected chi connectivity index (χ0v) is 64.5. The summed E-state index contributed by atoms with van der Waals surface area (Å²) in [4.78, 5) is 72.8. The van der Waals surface area contributed by atoms with E-state index < -0.39 is 97.5 Å². The summed E-state index contributed by atoms with van der Waals surface area (Å²) in [6.07, 6.45) is 63.4. The number of unbranched alkanes of at least 4 members (excludes halogenated alkanes) is 45. The van der Waals surface area contributed by atoms with Crippen LogP contribution in [0.5, 0.6) is 0 Å². The molecule has 0 aromatic heterocycles. The Morgan fingerprint density at radius 2 is 0.557 bits per heavy atom. The van der Waals surface area contributed by atoms with Gasteiger partial charge in [0.15, 0.2) is 12.2 Å². The third-order valence-electron chi connectivity index (χ3n) is 17.7. The summed E-state index contributed by atoms with van der Waals surface area (Å²) in [5, 5.41) is 10.6. The molecule has 97 heavy (non-hydrogen) atoms. The number of carbonyl (C=O) groups is 4. The van der Waals surface area contributed by atoms with Gasteiger partial charge < -0.3 is 33.8 Å². The first-order valence-electron chi connectivity index (χ1n) is 40.0. The van der Waals surface area contributed by atoms with Crippen molar-refractivity contribution in [2.45, 2.75) is 406 Å². The van der Waals surface area contributed by atoms with Gasteiger partial charge in [-0.25, -0.2) is 9.13 Å². The van der Waals surface area contributed by atoms with Gasteiger partial charge in [-0.05, 0) is 57.3 Å². The Morgan fingerprint density at radius 1 is 0.320 bits per heavy atom. The van der Waals surface area contributed by atoms with Crippen molar-refractivity contribution >= 4 is 39.5 Å². The van der Waals surface area contributed by atoms with E-state index >= 15 is 0 Å². The summed E-state index contributed by atoms with van der Waals surface area (Å²) >= 11 is 0. The van der Waals surface area contributed by atoms with Crippen LogP contribution in [0.3, 0.4) is 0 Å². The number of allylic oxidation sites excluding steroid dienone is 4. The molecule has 0 aliphatic rings. The van der Waals surface area contributed by atoms with Crippen LogP contribution in [-0.4, -0.2) is 96.7 Å². The summed E-state index contributed by atoms with van der Waals surface area (Å²) in [5.41, 5.74) is 0. The Balaban J connectivity index is 5.26. The summed E-state index contributed by atoms with van der Waals surface area (Å²) in [6, 6.07) is 0. The van der Waals surface area contributed by atoms with E-state index in [0.29, 0.717) is 31.6 Å². The molecule has 0 amide bonds. The molecule has 5 atom stereocenters. The van der Waals surface area contributed by atoms with Crippen LogP contribution >= 0.6 is 15.6 Å². The number of carbonyl (C=O) groups excluding carboxylic acids is 4. The molecule has 0 spiro atoms. The minimum atomic E-state index is -4.97. The lowest BCUT2D eigenvalue weighted by atomic mass is 10.0. The quantitative estimate of drug-likeness (QED) is 0.0169. The smallest absolute Gasteiger partial charge is 0.462 e. The SMILES string of the molecule is CCCCCC/C=C\C=C/CCCCCCCC(=O)OC[C@H](COP(=O)(O)OC[C@@H](O)COP(=O)(O)OC[C@@H](COC(=O)CCCCCCCCC(C)C)OC(=O)CCCCCCCCCCCCCCCCC)OC(=O)CCCCCCCCCCCCCCCCCCCC. The Labute approximate surface area is 592 Å². The van der Waals surface area contributed by atoms with Crippen molar-refractivity contribution in [3.05, 3.63) is 24.3 Å². The van der Waals surface area contributed by atoms with E-state index in [9.17, 15) is 43.2 Å². The second kappa shape index (κ2) is 70.6. The number of ether oxygens (including phenoxy) is 4. The Bertz CT molecular complexity index is 1950. The van der Waals surface area contributed by atoms with Crippen LogP contribution in [0, 0.1) is 5.92 Å². The molecule has 0 aliphatic heterocycles. The fourth-order valence-corrected chi connectivity index (χ4v) is 13.1. The van der Waals surface area contributed by atoms with E-state index in [0.717, 1.165) is 116 Å². The van der Waals surface area contributed by atoms with Crippen molar-refractivity contribution in [3.63, 3.8) is 0 Å². The van der Waals surface area contributed by atoms with E-state index in [1.807, 2.05) is 0 Å². The largest absolute Gasteiger partial charge is 0.472 e. The molecular weight excluding hydrogens is 1270 g/mol. The lowest BCUT2D eigenvalue weighted by Crippen LogP contribution is -2.30. The summed E-state index contributed by atoms with van der Waals surface area (Å²) in [5.74, 6) is -1.46. The zero-order valence-electron chi connectivity index (χ0n) is 62.7. The van der Waals surface area contributed by atoms with E-state index in [2.05, 4.69) is 58.9 Å². The normalized spacial score (nSPS) is 14.1. The molecule has 0 saturated heterocycles. The Morgan fingerprint density at radius 3 is 0.845 bits per heavy atom. The molecule has 19 heteroatoms. The highest BCUT2D eigenvalue weighted by molar-refractivity contribution is 7.47. The number of esters is 4. The maximum absolute atomic E-state index is 13.1. The third kappa shape index (κ3) is 71.7. The molecule has 0 bridgehead atoms. The van der Waals surface area contributed by atoms with Crippen LogP contribution in [0.2, 0.25) is 0 Å². The standard InChI is InChI=1S/C78H148O17P2/c1-6-9-12-15-18-21-24-27-30-31-32-35-38-41-44-47-54-59-63-77(82)94-73(67-88-75(80)61-56-51-45-42-39-36-33-28-25-22-19-16-13-10-7-2)69-92-96(84,85)90-65-72(79)66-91-97(86,87)93-70-74(68-89-76(81)62-57-52-49-48-50-55-60-71(4)5)95-78(83)64-58-53-46-43-40-37-34-29-26-23-20-17-14-11-8-3/h22,25,28,33,71-74,79H,6-21,23-24,26-27,29-32,34-70H2,1-5H3,(H,84,85)(H,86,87)/b25-22-,33-28-/t72-,73-,74-/m1/s1. The van der Waals surface area contributed by atoms with E-state index in [1.165, 1.54) is 186 Å². The molecule has 3 N–H and O–H groups in total. The molecule has 2 unspecified atom stereocenters. The summed E-state index contributed by atoms with van der Waals surface area (Å²) in [7, 11) is -9.92. The molecule has 0 aromatic carbocycles. The van der Waals surface area contributed by atoms with Crippen LogP contribution < -0.4 is 0 Å². The number of rotatable bonds is 76. The van der Waals surface area contributed by atoms with E-state index in [-0.39, 0.29) is 25.7 Å². The number of phosphoric acid groups is 2. The average molecular weight is 1420 g/mol. The topological polar surface area (TPSA) is 237 Å². The van der Waals surface area contributed by atoms with Crippen molar-refractivity contribution in [2.24, 2.45) is 5.92 Å². The molecule has 0 rings (SSSR count). The van der Waals surface area contributed by atoms with Gasteiger partial charge in [-0.3, -0.25) is 37.3 Å². The molecule has 0 radical (unpaired) electrons. The van der Waals surface area contributed by atoms with Crippen molar-refractivity contribution in [2.75, 3.05) is 39.6 Å². The molecule has 572 valence electrons. The highest BCUT2D eigenvalue weighted by atomic mass is 31.2. The second-order valence-corrected chi connectivity index (χ2v) is 30.8. The van der Waals surface area contributed by atoms with Gasteiger partial charge in [0.1, 0.15) is 19.3 Å². The molecular formula is C78H148O17P2. The molecule has 17 nitrogen and oxygen atoms in total. The van der Waals surface area contributed by atoms with Gasteiger partial charge in [0.25, 0.3) is 0 Å². The summed E-state index contributed by atoms with van der Waals surface area (Å²) in [6.45, 7) is 7.16. The van der Waals surface area contributed by atoms with Gasteiger partial charge in [0.05, 0.1) is 26.4 Å². The van der Waals surface area contributed by atoms with Crippen LogP contribution in [0.25, 0.3) is 0 Å². The molecule has 0 aromatic rings. The number of hydrogen-bond acceptors (Lipinski definition) is 15. The summed E-state index contributed by atoms with van der Waals surface area (Å²) < 4.78 is 68.5. The first kappa shape index (κ1) is 94.5. The average Bonchev–Trinajstić information content (AvgIpc) is 3.10. The highest BCUT2D eigenvalue weighted by Gasteiger charge is 2.30. The van der Waals surface area contributed by atoms with Gasteiger partial charge in [0.2, 0.25) is 0 Å². The van der Waals surface area contributed by atoms with Crippen LogP contribution in [0.1, 0.15) is 388 Å². The first-order valence-corrected chi connectivity index (χ1v) is 42.9. The van der Waals surface area contributed by atoms with Gasteiger partial charge in [-0.15, -0.1) is 0 Å². The van der Waals surface area contributed by atoms with Crippen molar-refractivity contribution in [1.82, 2.24) is 0 Å². The fourth-order valence-electron chi connectivity index (χ4n) is 11.5. The molecule has 0 fully saturated rings. The molecule has 0 heterocycles. The minimum Gasteiger partial charge on any atom is -0.462 e. The van der Waals surface area contributed by atoms with Crippen LogP contribution in [-0.2, 0) is 65.4 Å². The first-order chi connectivity index (χ1) is 47.0. The maximum Gasteiger partial charge on any atom is 0.472 e. The predicted molar refractivity (Wildman–Crippen MR) is 395 cm³/mol. The predicted octanol–water partition coefficient (Wildman–Crippen LogP) is 22.8. The zero-order chi connectivity index (χ0) is 71.2. The van der Waals surface area contributed by atoms with Gasteiger partial charge >= 0.3 is 39.5 Å². The second-order valence-electron chi connectivity index (χ2n) is 27.9. The minimum absolute atomic E-state index is 0.102. The number of aliphatic hydroxyl groups excluding tert-OH is 1. The highest BCUT2D eigenvalue weighted by Crippen LogP contribution is 2.45. The third-order valence-corrected chi connectivity index (χ3v) is 19.6. The van der Waals surface area contributed by atoms with E-state index in [1.54, 1.807) is 0 Å². The molecule has 0 aliphatic carbocycles. The molecule has 0 saturated carbocycles. The van der Waals surface area contributed by atoms with Crippen molar-refractivity contribution < 1.29 is 80.2 Å². The van der Waals surface area contributed by atoms with Crippen LogP contribution in [0.4, 0.5) is 0 Å².